The summed E-state index contributed by atoms with van der Waals surface area (Å²) in [6, 6.07) is 5.96. The lowest BCUT2D eigenvalue weighted by Crippen LogP contribution is -2.39. The summed E-state index contributed by atoms with van der Waals surface area (Å²) in [5.41, 5.74) is 0.192. The minimum absolute atomic E-state index is 0.0987. The van der Waals surface area contributed by atoms with E-state index in [0.717, 1.165) is 6.07 Å². The van der Waals surface area contributed by atoms with Gasteiger partial charge < -0.3 is 0 Å². The average molecular weight is 309 g/mol. The van der Waals surface area contributed by atoms with Crippen molar-refractivity contribution in [3.8, 4) is 6.07 Å². The smallest absolute Gasteiger partial charge is 0.258 e. The van der Waals surface area contributed by atoms with Crippen molar-refractivity contribution in [2.24, 2.45) is 5.92 Å². The van der Waals surface area contributed by atoms with Gasteiger partial charge in [0, 0.05) is 24.7 Å². The first-order valence-corrected chi connectivity index (χ1v) is 7.95. The highest BCUT2D eigenvalue weighted by molar-refractivity contribution is 7.89. The molecule has 1 heterocycles. The third-order valence-corrected chi connectivity index (χ3v) is 5.44. The van der Waals surface area contributed by atoms with Gasteiger partial charge in [-0.2, -0.15) is 9.57 Å². The van der Waals surface area contributed by atoms with Crippen LogP contribution in [0.2, 0.25) is 0 Å². The highest BCUT2D eigenvalue weighted by Crippen LogP contribution is 2.27. The molecule has 0 spiro atoms. The van der Waals surface area contributed by atoms with Gasteiger partial charge in [0.05, 0.1) is 21.8 Å². The highest BCUT2D eigenvalue weighted by Gasteiger charge is 2.31. The van der Waals surface area contributed by atoms with Crippen molar-refractivity contribution < 1.29 is 13.3 Å². The van der Waals surface area contributed by atoms with Crippen LogP contribution in [-0.4, -0.2) is 30.7 Å². The van der Waals surface area contributed by atoms with Gasteiger partial charge in [-0.05, 0) is 25.8 Å². The van der Waals surface area contributed by atoms with Gasteiger partial charge in [-0.15, -0.1) is 0 Å². The fraction of sp³-hybridized carbons (Fsp3) is 0.462. The van der Waals surface area contributed by atoms with Gasteiger partial charge in [0.15, 0.2) is 0 Å². The predicted octanol–water partition coefficient (Wildman–Crippen LogP) is 1.83. The van der Waals surface area contributed by atoms with Gasteiger partial charge in [-0.3, -0.25) is 10.1 Å². The first-order chi connectivity index (χ1) is 9.86. The van der Waals surface area contributed by atoms with E-state index in [2.05, 4.69) is 6.07 Å². The molecular formula is C13H15N3O4S. The van der Waals surface area contributed by atoms with E-state index in [1.54, 1.807) is 6.92 Å². The summed E-state index contributed by atoms with van der Waals surface area (Å²) < 4.78 is 26.3. The molecule has 0 N–H and O–H groups in total. The van der Waals surface area contributed by atoms with Crippen LogP contribution in [0, 0.1) is 34.3 Å². The number of hydrogen-bond donors (Lipinski definition) is 0. The molecule has 1 fully saturated rings. The van der Waals surface area contributed by atoms with Gasteiger partial charge in [-0.25, -0.2) is 8.42 Å². The largest absolute Gasteiger partial charge is 0.273 e. The van der Waals surface area contributed by atoms with Crippen molar-refractivity contribution in [3.05, 3.63) is 33.9 Å². The third kappa shape index (κ3) is 3.04. The van der Waals surface area contributed by atoms with Crippen molar-refractivity contribution >= 4 is 15.7 Å². The Morgan fingerprint density at radius 1 is 1.48 bits per heavy atom. The zero-order chi connectivity index (χ0) is 15.6. The molecule has 1 aliphatic rings. The monoisotopic (exact) mass is 309 g/mol. The van der Waals surface area contributed by atoms with Crippen LogP contribution in [-0.2, 0) is 10.0 Å². The fourth-order valence-corrected chi connectivity index (χ4v) is 3.91. The van der Waals surface area contributed by atoms with Crippen LogP contribution in [0.5, 0.6) is 0 Å². The van der Waals surface area contributed by atoms with Crippen LogP contribution >= 0.6 is 0 Å². The number of benzene rings is 1. The van der Waals surface area contributed by atoms with E-state index in [-0.39, 0.29) is 23.0 Å². The predicted molar refractivity (Wildman–Crippen MR) is 74.9 cm³/mol. The van der Waals surface area contributed by atoms with E-state index in [4.69, 9.17) is 5.26 Å². The van der Waals surface area contributed by atoms with Gasteiger partial charge in [0.25, 0.3) is 5.69 Å². The summed E-state index contributed by atoms with van der Waals surface area (Å²) >= 11 is 0. The molecule has 112 valence electrons. The molecule has 0 aromatic heterocycles. The number of rotatable bonds is 3. The second-order valence-electron chi connectivity index (χ2n) is 5.04. The Balaban J connectivity index is 2.38. The van der Waals surface area contributed by atoms with E-state index >= 15 is 0 Å². The number of nitro groups is 1. The lowest BCUT2D eigenvalue weighted by Gasteiger charge is -2.28. The van der Waals surface area contributed by atoms with Crippen LogP contribution in [0.25, 0.3) is 0 Å². The van der Waals surface area contributed by atoms with Crippen molar-refractivity contribution in [3.63, 3.8) is 0 Å². The van der Waals surface area contributed by atoms with Gasteiger partial charge >= 0.3 is 0 Å². The Morgan fingerprint density at radius 2 is 2.19 bits per heavy atom. The summed E-state index contributed by atoms with van der Waals surface area (Å²) in [6.45, 7) is 2.03. The number of nitrogens with zero attached hydrogens (tertiary/aromatic N) is 3. The molecule has 0 aliphatic carbocycles. The summed E-state index contributed by atoms with van der Waals surface area (Å²) in [4.78, 5) is 10.2. The van der Waals surface area contributed by atoms with Crippen molar-refractivity contribution in [2.75, 3.05) is 13.1 Å². The van der Waals surface area contributed by atoms with Gasteiger partial charge in [0.2, 0.25) is 10.0 Å². The van der Waals surface area contributed by atoms with E-state index in [1.165, 1.54) is 16.4 Å². The Labute approximate surface area is 123 Å². The van der Waals surface area contributed by atoms with Crippen LogP contribution in [0.1, 0.15) is 18.4 Å². The molecule has 1 aliphatic heterocycles. The lowest BCUT2D eigenvalue weighted by atomic mass is 10.0. The number of hydrogen-bond acceptors (Lipinski definition) is 5. The number of piperidine rings is 1. The van der Waals surface area contributed by atoms with E-state index < -0.39 is 14.9 Å². The molecule has 2 rings (SSSR count). The van der Waals surface area contributed by atoms with Crippen molar-refractivity contribution in [2.45, 2.75) is 24.7 Å². The van der Waals surface area contributed by atoms with Gasteiger partial charge in [-0.1, -0.05) is 6.07 Å². The van der Waals surface area contributed by atoms with Crippen molar-refractivity contribution in [1.29, 1.82) is 5.26 Å². The quantitative estimate of drug-likeness (QED) is 0.625. The molecule has 0 amide bonds. The van der Waals surface area contributed by atoms with E-state index in [9.17, 15) is 18.5 Å². The Morgan fingerprint density at radius 3 is 2.81 bits per heavy atom. The maximum absolute atomic E-state index is 12.5. The maximum atomic E-state index is 12.5. The molecule has 1 atom stereocenters. The van der Waals surface area contributed by atoms with Crippen LogP contribution in [0.3, 0.4) is 0 Å². The van der Waals surface area contributed by atoms with Crippen LogP contribution in [0.4, 0.5) is 5.69 Å². The zero-order valence-corrected chi connectivity index (χ0v) is 12.3. The van der Waals surface area contributed by atoms with Crippen LogP contribution < -0.4 is 0 Å². The molecule has 1 aromatic carbocycles. The summed E-state index contributed by atoms with van der Waals surface area (Å²) in [5, 5.41) is 19.9. The first kappa shape index (κ1) is 15.4. The summed E-state index contributed by atoms with van der Waals surface area (Å²) in [5.74, 6) is -0.325. The number of nitriles is 1. The summed E-state index contributed by atoms with van der Waals surface area (Å²) in [6.07, 6.45) is 1.29. The molecule has 0 saturated carbocycles. The van der Waals surface area contributed by atoms with E-state index in [0.29, 0.717) is 24.9 Å². The summed E-state index contributed by atoms with van der Waals surface area (Å²) in [7, 11) is -3.80. The lowest BCUT2D eigenvalue weighted by molar-refractivity contribution is -0.385. The zero-order valence-electron chi connectivity index (χ0n) is 11.5. The highest BCUT2D eigenvalue weighted by atomic mass is 32.2. The minimum atomic E-state index is -3.80. The normalized spacial score (nSPS) is 19.9. The molecule has 0 bridgehead atoms. The molecule has 1 aromatic rings. The Kier molecular flexibility index (Phi) is 4.25. The van der Waals surface area contributed by atoms with E-state index in [1.807, 2.05) is 0 Å². The molecule has 0 radical (unpaired) electrons. The number of nitro benzene ring substituents is 1. The number of sulfonamides is 1. The fourth-order valence-electron chi connectivity index (χ4n) is 2.36. The molecule has 1 saturated heterocycles. The topological polar surface area (TPSA) is 104 Å². The SMILES string of the molecule is Cc1ccc(S(=O)(=O)N2CCCC(C#N)C2)cc1[N+](=O)[O-]. The third-order valence-electron chi connectivity index (χ3n) is 3.58. The molecule has 21 heavy (non-hydrogen) atoms. The van der Waals surface area contributed by atoms with Crippen molar-refractivity contribution in [1.82, 2.24) is 4.31 Å². The maximum Gasteiger partial charge on any atom is 0.273 e. The minimum Gasteiger partial charge on any atom is -0.258 e. The van der Waals surface area contributed by atoms with Crippen LogP contribution in [0.15, 0.2) is 23.1 Å². The first-order valence-electron chi connectivity index (χ1n) is 6.51. The molecule has 7 nitrogen and oxygen atoms in total. The Hall–Kier alpha value is -1.98. The molecule has 8 heteroatoms. The standard InChI is InChI=1S/C13H15N3O4S/c1-10-4-5-12(7-13(10)16(17)18)21(19,20)15-6-2-3-11(8-14)9-15/h4-5,7,11H,2-3,6,9H2,1H3. The second-order valence-corrected chi connectivity index (χ2v) is 6.97. The van der Waals surface area contributed by atoms with Gasteiger partial charge in [0.1, 0.15) is 0 Å². The molecular weight excluding hydrogens is 294 g/mol. The number of aryl methyl sites for hydroxylation is 1. The second kappa shape index (κ2) is 5.79. The average Bonchev–Trinajstić information content (AvgIpc) is 2.47. The Bertz CT molecular complexity index is 709. The molecule has 1 unspecified atom stereocenters.